The number of rotatable bonds is 4. The SMILES string of the molecule is CC(=O)c1ccc(S(=O)(=O)N2CCCC2c2ccccc2)cc1. The number of nitrogens with zero attached hydrogens (tertiary/aromatic N) is 1. The first-order valence-corrected chi connectivity index (χ1v) is 9.12. The normalized spacial score (nSPS) is 18.9. The highest BCUT2D eigenvalue weighted by atomic mass is 32.2. The lowest BCUT2D eigenvalue weighted by molar-refractivity contribution is 0.101. The zero-order valence-corrected chi connectivity index (χ0v) is 13.8. The van der Waals surface area contributed by atoms with Crippen LogP contribution in [0.15, 0.2) is 59.5 Å². The number of ketones is 1. The Balaban J connectivity index is 1.93. The number of Topliss-reactive ketones (excluding diaryl/α,β-unsaturated/α-hetero) is 1. The van der Waals surface area contributed by atoms with Gasteiger partial charge in [0.05, 0.1) is 10.9 Å². The van der Waals surface area contributed by atoms with Crippen LogP contribution in [0.2, 0.25) is 0 Å². The summed E-state index contributed by atoms with van der Waals surface area (Å²) in [7, 11) is -3.56. The highest BCUT2D eigenvalue weighted by Gasteiger charge is 2.36. The zero-order valence-electron chi connectivity index (χ0n) is 13.0. The average Bonchev–Trinajstić information content (AvgIpc) is 3.06. The molecule has 0 amide bonds. The zero-order chi connectivity index (χ0) is 16.4. The molecule has 1 aliphatic rings. The van der Waals surface area contributed by atoms with Crippen LogP contribution in [0.3, 0.4) is 0 Å². The van der Waals surface area contributed by atoms with Crippen molar-refractivity contribution < 1.29 is 13.2 Å². The van der Waals surface area contributed by atoms with Crippen molar-refractivity contribution in [1.82, 2.24) is 4.31 Å². The van der Waals surface area contributed by atoms with Gasteiger partial charge in [-0.05, 0) is 37.5 Å². The largest absolute Gasteiger partial charge is 0.295 e. The summed E-state index contributed by atoms with van der Waals surface area (Å²) in [6, 6.07) is 15.8. The molecule has 0 radical (unpaired) electrons. The fraction of sp³-hybridized carbons (Fsp3) is 0.278. The molecule has 1 fully saturated rings. The summed E-state index contributed by atoms with van der Waals surface area (Å²) in [5, 5.41) is 0. The van der Waals surface area contributed by atoms with E-state index in [4.69, 9.17) is 0 Å². The number of benzene rings is 2. The molecule has 1 heterocycles. The van der Waals surface area contributed by atoms with Crippen LogP contribution in [0.4, 0.5) is 0 Å². The third-order valence-electron chi connectivity index (χ3n) is 4.26. The second kappa shape index (κ2) is 6.26. The average molecular weight is 329 g/mol. The molecule has 0 saturated carbocycles. The number of hydrogen-bond donors (Lipinski definition) is 0. The van der Waals surface area contributed by atoms with Crippen LogP contribution in [-0.2, 0) is 10.0 Å². The molecule has 1 saturated heterocycles. The Hall–Kier alpha value is -1.98. The standard InChI is InChI=1S/C18H19NO3S/c1-14(20)15-9-11-17(12-10-15)23(21,22)19-13-5-8-18(19)16-6-3-2-4-7-16/h2-4,6-7,9-12,18H,5,8,13H2,1H3. The smallest absolute Gasteiger partial charge is 0.243 e. The quantitative estimate of drug-likeness (QED) is 0.808. The van der Waals surface area contributed by atoms with Gasteiger partial charge in [0.25, 0.3) is 0 Å². The lowest BCUT2D eigenvalue weighted by Crippen LogP contribution is -2.30. The maximum absolute atomic E-state index is 12.9. The molecule has 23 heavy (non-hydrogen) atoms. The maximum Gasteiger partial charge on any atom is 0.243 e. The van der Waals surface area contributed by atoms with Crippen LogP contribution >= 0.6 is 0 Å². The van der Waals surface area contributed by atoms with Gasteiger partial charge in [-0.15, -0.1) is 0 Å². The third-order valence-corrected chi connectivity index (χ3v) is 6.18. The number of carbonyl (C=O) groups is 1. The summed E-state index contributed by atoms with van der Waals surface area (Å²) in [5.41, 5.74) is 1.54. The molecular weight excluding hydrogens is 310 g/mol. The lowest BCUT2D eigenvalue weighted by atomic mass is 10.1. The molecule has 2 aromatic carbocycles. The van der Waals surface area contributed by atoms with E-state index in [0.717, 1.165) is 18.4 Å². The molecule has 5 heteroatoms. The highest BCUT2D eigenvalue weighted by molar-refractivity contribution is 7.89. The molecule has 1 aliphatic heterocycles. The van der Waals surface area contributed by atoms with Gasteiger partial charge in [0.2, 0.25) is 10.0 Å². The van der Waals surface area contributed by atoms with E-state index in [0.29, 0.717) is 12.1 Å². The van der Waals surface area contributed by atoms with Gasteiger partial charge in [-0.2, -0.15) is 4.31 Å². The Morgan fingerprint density at radius 3 is 2.30 bits per heavy atom. The van der Waals surface area contributed by atoms with Crippen molar-refractivity contribution in [2.24, 2.45) is 0 Å². The summed E-state index contributed by atoms with van der Waals surface area (Å²) in [5.74, 6) is -0.0720. The Bertz CT molecular complexity index is 798. The van der Waals surface area contributed by atoms with Crippen LogP contribution < -0.4 is 0 Å². The van der Waals surface area contributed by atoms with E-state index in [1.165, 1.54) is 19.1 Å². The number of sulfonamides is 1. The Morgan fingerprint density at radius 2 is 1.70 bits per heavy atom. The number of carbonyl (C=O) groups excluding carboxylic acids is 1. The molecule has 0 aromatic heterocycles. The van der Waals surface area contributed by atoms with Crippen molar-refractivity contribution in [1.29, 1.82) is 0 Å². The van der Waals surface area contributed by atoms with Gasteiger partial charge >= 0.3 is 0 Å². The molecule has 4 nitrogen and oxygen atoms in total. The summed E-state index contributed by atoms with van der Waals surface area (Å²) in [6.45, 7) is 1.99. The lowest BCUT2D eigenvalue weighted by Gasteiger charge is -2.24. The number of hydrogen-bond acceptors (Lipinski definition) is 3. The van der Waals surface area contributed by atoms with Gasteiger partial charge in [-0.25, -0.2) is 8.42 Å². The first kappa shape index (κ1) is 15.9. The molecule has 2 aromatic rings. The van der Waals surface area contributed by atoms with Crippen LogP contribution in [0.25, 0.3) is 0 Å². The van der Waals surface area contributed by atoms with Gasteiger partial charge < -0.3 is 0 Å². The minimum Gasteiger partial charge on any atom is -0.295 e. The third kappa shape index (κ3) is 3.07. The maximum atomic E-state index is 12.9. The molecule has 120 valence electrons. The molecular formula is C18H19NO3S. The summed E-state index contributed by atoms with van der Waals surface area (Å²) < 4.78 is 27.5. The first-order valence-electron chi connectivity index (χ1n) is 7.68. The topological polar surface area (TPSA) is 54.5 Å². The van der Waals surface area contributed by atoms with Gasteiger partial charge in [-0.3, -0.25) is 4.79 Å². The van der Waals surface area contributed by atoms with Crippen molar-refractivity contribution >= 4 is 15.8 Å². The van der Waals surface area contributed by atoms with Crippen molar-refractivity contribution in [3.8, 4) is 0 Å². The van der Waals surface area contributed by atoms with E-state index < -0.39 is 10.0 Å². The molecule has 0 aliphatic carbocycles. The van der Waals surface area contributed by atoms with Gasteiger partial charge in [0.1, 0.15) is 0 Å². The van der Waals surface area contributed by atoms with Gasteiger partial charge in [0.15, 0.2) is 5.78 Å². The molecule has 1 unspecified atom stereocenters. The Morgan fingerprint density at radius 1 is 1.04 bits per heavy atom. The van der Waals surface area contributed by atoms with E-state index in [-0.39, 0.29) is 16.7 Å². The molecule has 3 rings (SSSR count). The second-order valence-electron chi connectivity index (χ2n) is 5.77. The van der Waals surface area contributed by atoms with Crippen molar-refractivity contribution in [2.75, 3.05) is 6.54 Å². The van der Waals surface area contributed by atoms with E-state index in [1.807, 2.05) is 30.3 Å². The van der Waals surface area contributed by atoms with Gasteiger partial charge in [-0.1, -0.05) is 42.5 Å². The van der Waals surface area contributed by atoms with Crippen LogP contribution in [0, 0.1) is 0 Å². The predicted molar refractivity (Wildman–Crippen MR) is 88.8 cm³/mol. The fourth-order valence-corrected chi connectivity index (χ4v) is 4.72. The Kier molecular flexibility index (Phi) is 4.33. The van der Waals surface area contributed by atoms with Crippen LogP contribution in [-0.4, -0.2) is 25.1 Å². The van der Waals surface area contributed by atoms with Crippen LogP contribution in [0.1, 0.15) is 41.7 Å². The van der Waals surface area contributed by atoms with E-state index in [2.05, 4.69) is 0 Å². The minimum atomic E-state index is -3.56. The van der Waals surface area contributed by atoms with Crippen molar-refractivity contribution in [3.05, 3.63) is 65.7 Å². The van der Waals surface area contributed by atoms with Crippen LogP contribution in [0.5, 0.6) is 0 Å². The van der Waals surface area contributed by atoms with E-state index in [1.54, 1.807) is 16.4 Å². The van der Waals surface area contributed by atoms with Crippen molar-refractivity contribution in [2.45, 2.75) is 30.7 Å². The summed E-state index contributed by atoms with van der Waals surface area (Å²) in [4.78, 5) is 11.6. The fourth-order valence-electron chi connectivity index (χ4n) is 3.03. The molecule has 0 spiro atoms. The predicted octanol–water partition coefficient (Wildman–Crippen LogP) is 3.42. The highest BCUT2D eigenvalue weighted by Crippen LogP contribution is 2.36. The second-order valence-corrected chi connectivity index (χ2v) is 7.66. The summed E-state index contributed by atoms with van der Waals surface area (Å²) >= 11 is 0. The van der Waals surface area contributed by atoms with E-state index in [9.17, 15) is 13.2 Å². The van der Waals surface area contributed by atoms with E-state index >= 15 is 0 Å². The molecule has 1 atom stereocenters. The molecule has 0 N–H and O–H groups in total. The molecule has 0 bridgehead atoms. The summed E-state index contributed by atoms with van der Waals surface area (Å²) in [6.07, 6.45) is 1.68. The minimum absolute atomic E-state index is 0.0720. The van der Waals surface area contributed by atoms with Gasteiger partial charge in [0, 0.05) is 12.1 Å². The van der Waals surface area contributed by atoms with Crippen molar-refractivity contribution in [3.63, 3.8) is 0 Å². The monoisotopic (exact) mass is 329 g/mol. The first-order chi connectivity index (χ1) is 11.0. The Labute approximate surface area is 136 Å².